The molecule has 2 aromatic carbocycles. The quantitative estimate of drug-likeness (QED) is 0.0247. The van der Waals surface area contributed by atoms with Crippen LogP contribution >= 0.6 is 0 Å². The highest BCUT2D eigenvalue weighted by Gasteiger charge is 2.61. The molecule has 9 amide bonds. The van der Waals surface area contributed by atoms with Crippen LogP contribution in [0.4, 0.5) is 0 Å². The zero-order valence-corrected chi connectivity index (χ0v) is 45.3. The van der Waals surface area contributed by atoms with Crippen LogP contribution in [0.25, 0.3) is 0 Å². The van der Waals surface area contributed by atoms with Crippen molar-refractivity contribution < 1.29 is 43.2 Å². The predicted molar refractivity (Wildman–Crippen MR) is 295 cm³/mol. The van der Waals surface area contributed by atoms with Crippen molar-refractivity contribution in [1.82, 2.24) is 36.8 Å². The van der Waals surface area contributed by atoms with Crippen molar-refractivity contribution >= 4 is 65.1 Å². The van der Waals surface area contributed by atoms with Gasteiger partial charge in [-0.15, -0.1) is 0 Å². The Labute approximate surface area is 461 Å². The van der Waals surface area contributed by atoms with Gasteiger partial charge in [-0.2, -0.15) is 0 Å². The lowest BCUT2D eigenvalue weighted by Crippen LogP contribution is -2.60. The number of carbonyl (C=O) groups excluding carboxylic acids is 9. The smallest absolute Gasteiger partial charge is 0.245 e. The van der Waals surface area contributed by atoms with Gasteiger partial charge in [0, 0.05) is 32.5 Å². The topological polar surface area (TPSA) is 410 Å². The summed E-state index contributed by atoms with van der Waals surface area (Å²) in [6, 6.07) is 9.63. The molecule has 1 aliphatic heterocycles. The van der Waals surface area contributed by atoms with Crippen molar-refractivity contribution in [2.45, 2.75) is 152 Å². The fourth-order valence-electron chi connectivity index (χ4n) is 12.1. The number of carbonyl (C=O) groups is 9. The number of hydrogen-bond donors (Lipinski definition) is 12. The normalized spacial score (nSPS) is 22.0. The number of hydrogen-bond acceptors (Lipinski definition) is 11. The SMILES string of the molecule is CC(C)C[C@H](NC(=O)[C@H](Cc1ccccc1)NC(=O)C12CC3CC(CC1C3)C2)C(=O)N[C@@H](Cc1ccccc1)C(=O)N[C@@H](CCCN=C(N)N)C(=O)N1CCC[C@H]1C(=O)N[C@@H](CCCN=C(N)N)C(=O)N[C@@H](CC(N)=O)C(N)=O. The molecule has 24 nitrogen and oxygen atoms in total. The molecule has 4 bridgehead atoms. The van der Waals surface area contributed by atoms with Crippen LogP contribution in [0.3, 0.4) is 0 Å². The maximum Gasteiger partial charge on any atom is 0.245 e. The predicted octanol–water partition coefficient (Wildman–Crippen LogP) is -1.29. The van der Waals surface area contributed by atoms with E-state index in [1.165, 1.54) is 4.90 Å². The van der Waals surface area contributed by atoms with Gasteiger partial charge in [-0.3, -0.25) is 53.1 Å². The minimum absolute atomic E-state index is 0.00765. The number of nitrogens with one attached hydrogen (secondary N) is 6. The molecule has 4 saturated carbocycles. The number of aliphatic imine (C=N–C) groups is 2. The second-order valence-electron chi connectivity index (χ2n) is 22.2. The highest BCUT2D eigenvalue weighted by atomic mass is 16.2. The van der Waals surface area contributed by atoms with E-state index in [2.05, 4.69) is 41.9 Å². The maximum absolute atomic E-state index is 14.8. The largest absolute Gasteiger partial charge is 0.370 e. The average Bonchev–Trinajstić information content (AvgIpc) is 4.10. The molecular weight excluding hydrogens is 1010 g/mol. The maximum atomic E-state index is 14.8. The van der Waals surface area contributed by atoms with Gasteiger partial charge in [0.05, 0.1) is 11.8 Å². The fraction of sp³-hybridized carbons (Fsp3) is 0.582. The van der Waals surface area contributed by atoms with E-state index in [1.807, 2.05) is 44.2 Å². The highest BCUT2D eigenvalue weighted by Crippen LogP contribution is 2.65. The molecule has 7 rings (SSSR count). The Morgan fingerprint density at radius 1 is 0.595 bits per heavy atom. The summed E-state index contributed by atoms with van der Waals surface area (Å²) in [4.78, 5) is 134. The number of nitrogens with two attached hydrogens (primary N) is 6. The first-order valence-corrected chi connectivity index (χ1v) is 27.5. The number of benzene rings is 2. The molecule has 1 saturated heterocycles. The molecule has 0 radical (unpaired) electrons. The van der Waals surface area contributed by atoms with E-state index in [4.69, 9.17) is 34.4 Å². The van der Waals surface area contributed by atoms with Gasteiger partial charge >= 0.3 is 0 Å². The van der Waals surface area contributed by atoms with Crippen molar-refractivity contribution in [3.63, 3.8) is 0 Å². The highest BCUT2D eigenvalue weighted by molar-refractivity contribution is 5.98. The first-order chi connectivity index (χ1) is 37.6. The van der Waals surface area contributed by atoms with Gasteiger partial charge in [-0.05, 0) is 112 Å². The minimum atomic E-state index is -1.48. The standard InChI is InChI=1S/C55H81N15O9/c1-31(2)22-40(67-49(76)42(27-33-14-7-4-8-15-33)69-52(79)55-29-34-23-35(30-55)25-36(55)24-34)47(74)68-41(26-32-12-5-3-6-13-32)48(75)65-38(17-10-20-63-54(60)61)51(78)70-21-11-18-43(70)50(77)64-37(16-9-19-62-53(58)59)46(73)66-39(45(57)72)28-44(56)71/h3-8,12-15,31,34-43H,9-11,16-30H2,1-2H3,(H2,56,71)(H2,57,72)(H,64,77)(H,65,75)(H,66,73)(H,67,76)(H,68,74)(H,69,79)(H4,58,59,62)(H4,60,61,63)/t34?,35?,36?,37-,38-,39-,40-,41-,42-,43-,55?/m0/s1. The number of likely N-dealkylation sites (tertiary alicyclic amines) is 1. The Morgan fingerprint density at radius 2 is 1.08 bits per heavy atom. The number of guanidine groups is 2. The summed E-state index contributed by atoms with van der Waals surface area (Å²) in [5.41, 5.74) is 33.9. The molecule has 4 aliphatic carbocycles. The second-order valence-corrected chi connectivity index (χ2v) is 22.2. The van der Waals surface area contributed by atoms with Crippen LogP contribution in [0.15, 0.2) is 70.6 Å². The summed E-state index contributed by atoms with van der Waals surface area (Å²) in [7, 11) is 0. The van der Waals surface area contributed by atoms with Crippen molar-refractivity contribution in [2.24, 2.45) is 73.5 Å². The number of primary amides is 2. The van der Waals surface area contributed by atoms with Gasteiger partial charge in [0.15, 0.2) is 11.9 Å². The molecule has 5 fully saturated rings. The third kappa shape index (κ3) is 17.1. The molecule has 24 heteroatoms. The van der Waals surface area contributed by atoms with Crippen LogP contribution in [0.1, 0.15) is 108 Å². The summed E-state index contributed by atoms with van der Waals surface area (Å²) in [6.45, 7) is 4.05. The Bertz CT molecular complexity index is 2540. The van der Waals surface area contributed by atoms with E-state index < -0.39 is 101 Å². The monoisotopic (exact) mass is 1100 g/mol. The summed E-state index contributed by atoms with van der Waals surface area (Å²) in [5.74, 6) is -5.41. The fourth-order valence-corrected chi connectivity index (χ4v) is 12.1. The van der Waals surface area contributed by atoms with Crippen LogP contribution in [-0.2, 0) is 56.0 Å². The second kappa shape index (κ2) is 28.2. The Kier molecular flexibility index (Phi) is 21.6. The number of rotatable bonds is 30. The molecule has 0 aromatic heterocycles. The van der Waals surface area contributed by atoms with Crippen molar-refractivity contribution in [3.05, 3.63) is 71.8 Å². The van der Waals surface area contributed by atoms with Gasteiger partial charge in [0.25, 0.3) is 0 Å². The van der Waals surface area contributed by atoms with Gasteiger partial charge in [0.1, 0.15) is 42.3 Å². The average molecular weight is 1100 g/mol. The molecule has 1 heterocycles. The zero-order chi connectivity index (χ0) is 57.4. The van der Waals surface area contributed by atoms with Crippen LogP contribution in [0.2, 0.25) is 0 Å². The zero-order valence-electron chi connectivity index (χ0n) is 45.3. The van der Waals surface area contributed by atoms with Crippen molar-refractivity contribution in [3.8, 4) is 0 Å². The van der Waals surface area contributed by atoms with E-state index in [1.54, 1.807) is 30.3 Å². The van der Waals surface area contributed by atoms with Crippen LogP contribution in [-0.4, -0.2) is 132 Å². The lowest BCUT2D eigenvalue weighted by Gasteiger charge is -2.33. The molecule has 5 aliphatic rings. The van der Waals surface area contributed by atoms with Gasteiger partial charge in [-0.25, -0.2) is 0 Å². The molecular formula is C55H81N15O9. The van der Waals surface area contributed by atoms with E-state index in [9.17, 15) is 43.2 Å². The molecule has 2 unspecified atom stereocenters. The van der Waals surface area contributed by atoms with Crippen LogP contribution in [0, 0.1) is 29.1 Å². The number of amides is 9. The van der Waals surface area contributed by atoms with E-state index in [-0.39, 0.29) is 101 Å². The molecule has 430 valence electrons. The summed E-state index contributed by atoms with van der Waals surface area (Å²) < 4.78 is 0. The Morgan fingerprint density at radius 3 is 1.59 bits per heavy atom. The molecule has 2 aromatic rings. The summed E-state index contributed by atoms with van der Waals surface area (Å²) >= 11 is 0. The summed E-state index contributed by atoms with van der Waals surface area (Å²) in [6.07, 6.45) is 5.44. The van der Waals surface area contributed by atoms with Gasteiger partial charge in [-0.1, -0.05) is 74.5 Å². The Balaban J connectivity index is 1.22. The van der Waals surface area contributed by atoms with Crippen molar-refractivity contribution in [1.29, 1.82) is 0 Å². The third-order valence-corrected chi connectivity index (χ3v) is 15.6. The van der Waals surface area contributed by atoms with Crippen molar-refractivity contribution in [2.75, 3.05) is 19.6 Å². The Hall–Kier alpha value is -7.79. The molecule has 79 heavy (non-hydrogen) atoms. The lowest BCUT2D eigenvalue weighted by atomic mass is 9.74. The molecule has 18 N–H and O–H groups in total. The lowest BCUT2D eigenvalue weighted by molar-refractivity contribution is -0.142. The number of nitrogens with zero attached hydrogens (tertiary/aromatic N) is 3. The molecule has 9 atom stereocenters. The van der Waals surface area contributed by atoms with Gasteiger partial charge in [0.2, 0.25) is 53.2 Å². The van der Waals surface area contributed by atoms with Crippen LogP contribution < -0.4 is 66.3 Å². The van der Waals surface area contributed by atoms with E-state index >= 15 is 0 Å². The van der Waals surface area contributed by atoms with Gasteiger partial charge < -0.3 is 71.2 Å². The third-order valence-electron chi connectivity index (χ3n) is 15.6. The minimum Gasteiger partial charge on any atom is -0.370 e. The van der Waals surface area contributed by atoms with Crippen LogP contribution in [0.5, 0.6) is 0 Å². The first kappa shape index (κ1) is 60.4. The van der Waals surface area contributed by atoms with E-state index in [0.717, 1.165) is 37.7 Å². The first-order valence-electron chi connectivity index (χ1n) is 27.5. The summed E-state index contributed by atoms with van der Waals surface area (Å²) in [5, 5.41) is 16.9. The molecule has 0 spiro atoms. The van der Waals surface area contributed by atoms with E-state index in [0.29, 0.717) is 23.8 Å².